The number of hydrogen-bond donors (Lipinski definition) is 2. The Morgan fingerprint density at radius 3 is 2.39 bits per heavy atom. The van der Waals surface area contributed by atoms with Crippen molar-refractivity contribution in [1.29, 1.82) is 0 Å². The van der Waals surface area contributed by atoms with E-state index in [1.54, 1.807) is 18.2 Å². The number of para-hydroxylation sites is 1. The Labute approximate surface area is 131 Å². The molecule has 5 nitrogen and oxygen atoms in total. The van der Waals surface area contributed by atoms with Crippen LogP contribution in [0.15, 0.2) is 42.5 Å². The van der Waals surface area contributed by atoms with Crippen molar-refractivity contribution in [1.82, 2.24) is 5.32 Å². The lowest BCUT2D eigenvalue weighted by Crippen LogP contribution is -2.33. The molecule has 23 heavy (non-hydrogen) atoms. The third kappa shape index (κ3) is 4.26. The van der Waals surface area contributed by atoms with E-state index < -0.39 is 35.7 Å². The average molecular weight is 320 g/mol. The van der Waals surface area contributed by atoms with Crippen molar-refractivity contribution in [2.75, 3.05) is 19.0 Å². The Hall–Kier alpha value is -2.96. The molecule has 120 valence electrons. The van der Waals surface area contributed by atoms with Crippen molar-refractivity contribution < 1.29 is 23.1 Å². The Morgan fingerprint density at radius 1 is 1.09 bits per heavy atom. The van der Waals surface area contributed by atoms with Crippen LogP contribution in [0.5, 0.6) is 5.75 Å². The van der Waals surface area contributed by atoms with Gasteiger partial charge in [0.15, 0.2) is 0 Å². The minimum atomic E-state index is -0.891. The van der Waals surface area contributed by atoms with E-state index in [0.29, 0.717) is 11.3 Å². The SMILES string of the molecule is COc1cccc(C(=O)NCC(=O)Nc2c(F)cccc2F)c1. The molecule has 0 saturated heterocycles. The number of anilines is 1. The highest BCUT2D eigenvalue weighted by atomic mass is 19.1. The molecule has 2 aromatic rings. The highest BCUT2D eigenvalue weighted by Gasteiger charge is 2.13. The second kappa shape index (κ2) is 7.35. The molecule has 0 bridgehead atoms. The van der Waals surface area contributed by atoms with Crippen molar-refractivity contribution in [2.45, 2.75) is 0 Å². The summed E-state index contributed by atoms with van der Waals surface area (Å²) in [4.78, 5) is 23.6. The molecule has 2 amide bonds. The molecule has 0 fully saturated rings. The highest BCUT2D eigenvalue weighted by Crippen LogP contribution is 2.17. The van der Waals surface area contributed by atoms with Gasteiger partial charge in [-0.05, 0) is 30.3 Å². The molecule has 2 rings (SSSR count). The lowest BCUT2D eigenvalue weighted by atomic mass is 10.2. The molecular formula is C16H14F2N2O3. The topological polar surface area (TPSA) is 67.4 Å². The summed E-state index contributed by atoms with van der Waals surface area (Å²) in [5.74, 6) is -2.54. The lowest BCUT2D eigenvalue weighted by Gasteiger charge is -2.09. The van der Waals surface area contributed by atoms with Crippen molar-refractivity contribution >= 4 is 17.5 Å². The van der Waals surface area contributed by atoms with Crippen LogP contribution in [0.2, 0.25) is 0 Å². The second-order valence-electron chi connectivity index (χ2n) is 4.56. The first kappa shape index (κ1) is 16.4. The molecule has 0 aromatic heterocycles. The molecule has 0 atom stereocenters. The Kier molecular flexibility index (Phi) is 5.24. The zero-order valence-electron chi connectivity index (χ0n) is 12.2. The predicted molar refractivity (Wildman–Crippen MR) is 80.3 cm³/mol. The second-order valence-corrected chi connectivity index (χ2v) is 4.56. The fourth-order valence-electron chi connectivity index (χ4n) is 1.83. The number of carbonyl (C=O) groups excluding carboxylic acids is 2. The normalized spacial score (nSPS) is 10.0. The van der Waals surface area contributed by atoms with E-state index in [0.717, 1.165) is 12.1 Å². The quantitative estimate of drug-likeness (QED) is 0.888. The monoisotopic (exact) mass is 320 g/mol. The van der Waals surface area contributed by atoms with E-state index in [1.165, 1.54) is 19.2 Å². The van der Waals surface area contributed by atoms with Crippen LogP contribution in [0, 0.1) is 11.6 Å². The third-order valence-electron chi connectivity index (χ3n) is 2.97. The summed E-state index contributed by atoms with van der Waals surface area (Å²) < 4.78 is 31.8. The van der Waals surface area contributed by atoms with Crippen molar-refractivity contribution in [3.8, 4) is 5.75 Å². The molecule has 2 aromatic carbocycles. The molecule has 0 unspecified atom stereocenters. The minimum absolute atomic E-state index is 0.300. The van der Waals surface area contributed by atoms with Crippen LogP contribution in [-0.4, -0.2) is 25.5 Å². The van der Waals surface area contributed by atoms with Crippen LogP contribution in [0.3, 0.4) is 0 Å². The standard InChI is InChI=1S/C16H14F2N2O3/c1-23-11-5-2-4-10(8-11)16(22)19-9-14(21)20-15-12(17)6-3-7-13(15)18/h2-8H,9H2,1H3,(H,19,22)(H,20,21). The van der Waals surface area contributed by atoms with Crippen LogP contribution in [0.4, 0.5) is 14.5 Å². The fraction of sp³-hybridized carbons (Fsp3) is 0.125. The summed E-state index contributed by atoms with van der Waals surface area (Å²) in [6.07, 6.45) is 0. The zero-order valence-corrected chi connectivity index (χ0v) is 12.2. The van der Waals surface area contributed by atoms with Gasteiger partial charge in [0.05, 0.1) is 13.7 Å². The van der Waals surface area contributed by atoms with E-state index in [9.17, 15) is 18.4 Å². The molecular weight excluding hydrogens is 306 g/mol. The number of nitrogens with one attached hydrogen (secondary N) is 2. The van der Waals surface area contributed by atoms with Gasteiger partial charge in [-0.25, -0.2) is 8.78 Å². The lowest BCUT2D eigenvalue weighted by molar-refractivity contribution is -0.115. The smallest absolute Gasteiger partial charge is 0.251 e. The third-order valence-corrected chi connectivity index (χ3v) is 2.97. The fourth-order valence-corrected chi connectivity index (χ4v) is 1.83. The van der Waals surface area contributed by atoms with Gasteiger partial charge in [0, 0.05) is 5.56 Å². The maximum atomic E-state index is 13.4. The molecule has 0 aliphatic carbocycles. The molecule has 2 N–H and O–H groups in total. The summed E-state index contributed by atoms with van der Waals surface area (Å²) in [6, 6.07) is 9.58. The summed E-state index contributed by atoms with van der Waals surface area (Å²) in [7, 11) is 1.47. The van der Waals surface area contributed by atoms with Gasteiger partial charge in [-0.3, -0.25) is 9.59 Å². The van der Waals surface area contributed by atoms with E-state index in [1.807, 2.05) is 0 Å². The average Bonchev–Trinajstić information content (AvgIpc) is 2.56. The van der Waals surface area contributed by atoms with E-state index >= 15 is 0 Å². The number of carbonyl (C=O) groups is 2. The Bertz CT molecular complexity index is 715. The van der Waals surface area contributed by atoms with Crippen LogP contribution in [0.25, 0.3) is 0 Å². The summed E-state index contributed by atoms with van der Waals surface area (Å²) in [6.45, 7) is -0.427. The first-order valence-electron chi connectivity index (χ1n) is 6.67. The van der Waals surface area contributed by atoms with Crippen LogP contribution >= 0.6 is 0 Å². The molecule has 0 aliphatic rings. The van der Waals surface area contributed by atoms with Crippen LogP contribution in [0.1, 0.15) is 10.4 Å². The maximum Gasteiger partial charge on any atom is 0.251 e. The zero-order chi connectivity index (χ0) is 16.8. The molecule has 0 spiro atoms. The number of rotatable bonds is 5. The van der Waals surface area contributed by atoms with Crippen LogP contribution < -0.4 is 15.4 Å². The Balaban J connectivity index is 1.95. The van der Waals surface area contributed by atoms with Crippen LogP contribution in [-0.2, 0) is 4.79 Å². The van der Waals surface area contributed by atoms with Gasteiger partial charge < -0.3 is 15.4 Å². The van der Waals surface area contributed by atoms with Crippen molar-refractivity contribution in [3.63, 3.8) is 0 Å². The maximum absolute atomic E-state index is 13.4. The molecule has 0 heterocycles. The van der Waals surface area contributed by atoms with Crippen molar-refractivity contribution in [3.05, 3.63) is 59.7 Å². The van der Waals surface area contributed by atoms with Gasteiger partial charge in [0.25, 0.3) is 5.91 Å². The molecule has 0 aliphatic heterocycles. The van der Waals surface area contributed by atoms with E-state index in [2.05, 4.69) is 10.6 Å². The predicted octanol–water partition coefficient (Wildman–Crippen LogP) is 2.34. The number of amides is 2. The number of ether oxygens (including phenoxy) is 1. The molecule has 0 radical (unpaired) electrons. The van der Waals surface area contributed by atoms with Gasteiger partial charge in [-0.1, -0.05) is 12.1 Å². The summed E-state index contributed by atoms with van der Waals surface area (Å²) >= 11 is 0. The first-order chi connectivity index (χ1) is 11.0. The van der Waals surface area contributed by atoms with Gasteiger partial charge in [-0.2, -0.15) is 0 Å². The summed E-state index contributed by atoms with van der Waals surface area (Å²) in [5, 5.41) is 4.44. The minimum Gasteiger partial charge on any atom is -0.497 e. The van der Waals surface area contributed by atoms with Gasteiger partial charge in [0.1, 0.15) is 23.1 Å². The largest absolute Gasteiger partial charge is 0.497 e. The molecule has 0 saturated carbocycles. The summed E-state index contributed by atoms with van der Waals surface area (Å²) in [5.41, 5.74) is -0.248. The van der Waals surface area contributed by atoms with E-state index in [-0.39, 0.29) is 0 Å². The first-order valence-corrected chi connectivity index (χ1v) is 6.67. The van der Waals surface area contributed by atoms with Gasteiger partial charge >= 0.3 is 0 Å². The number of halogens is 2. The number of benzene rings is 2. The Morgan fingerprint density at radius 2 is 1.74 bits per heavy atom. The number of methoxy groups -OCH3 is 1. The highest BCUT2D eigenvalue weighted by molar-refractivity contribution is 5.99. The molecule has 7 heteroatoms. The number of hydrogen-bond acceptors (Lipinski definition) is 3. The van der Waals surface area contributed by atoms with E-state index in [4.69, 9.17) is 4.74 Å². The van der Waals surface area contributed by atoms with Gasteiger partial charge in [0.2, 0.25) is 5.91 Å². The van der Waals surface area contributed by atoms with Gasteiger partial charge in [-0.15, -0.1) is 0 Å². The van der Waals surface area contributed by atoms with Crippen molar-refractivity contribution in [2.24, 2.45) is 0 Å².